The number of rotatable bonds is 7. The maximum absolute atomic E-state index is 3.43. The van der Waals surface area contributed by atoms with Crippen LogP contribution in [0.15, 0.2) is 24.3 Å². The average Bonchev–Trinajstić information content (AvgIpc) is 2.35. The molecule has 0 heterocycles. The van der Waals surface area contributed by atoms with Gasteiger partial charge in [-0.2, -0.15) is 0 Å². The number of unbranched alkanes of at least 4 members (excludes halogenated alkanes) is 1. The van der Waals surface area contributed by atoms with Crippen molar-refractivity contribution in [3.05, 3.63) is 35.9 Å². The molecule has 0 saturated heterocycles. The molecule has 1 aromatic carbocycles. The highest BCUT2D eigenvalue weighted by atomic mass is 14.2. The van der Waals surface area contributed by atoms with Crippen molar-refractivity contribution in [3.8, 4) is 0 Å². The van der Waals surface area contributed by atoms with E-state index in [-0.39, 0.29) is 0 Å². The summed E-state index contributed by atoms with van der Waals surface area (Å²) in [5.74, 6) is 1.54. The molecule has 0 nitrogen and oxygen atoms in total. The Morgan fingerprint density at radius 2 is 1.88 bits per heavy atom. The van der Waals surface area contributed by atoms with E-state index >= 15 is 0 Å². The summed E-state index contributed by atoms with van der Waals surface area (Å²) >= 11 is 0. The Morgan fingerprint density at radius 1 is 1.12 bits per heavy atom. The van der Waals surface area contributed by atoms with Gasteiger partial charge in [-0.15, -0.1) is 0 Å². The Morgan fingerprint density at radius 3 is 2.38 bits per heavy atom. The van der Waals surface area contributed by atoms with Gasteiger partial charge < -0.3 is 0 Å². The summed E-state index contributed by atoms with van der Waals surface area (Å²) in [6, 6.07) is 11.9. The highest BCUT2D eigenvalue weighted by molar-refractivity contribution is 5.18. The van der Waals surface area contributed by atoms with Gasteiger partial charge in [-0.3, -0.25) is 0 Å². The van der Waals surface area contributed by atoms with E-state index in [1.54, 1.807) is 0 Å². The highest BCUT2D eigenvalue weighted by Gasteiger charge is 2.19. The van der Waals surface area contributed by atoms with Gasteiger partial charge in [0.05, 0.1) is 0 Å². The molecule has 0 amide bonds. The summed E-state index contributed by atoms with van der Waals surface area (Å²) in [6.07, 6.45) is 6.53. The van der Waals surface area contributed by atoms with Gasteiger partial charge >= 0.3 is 0 Å². The van der Waals surface area contributed by atoms with Crippen LogP contribution in [0.1, 0.15) is 64.4 Å². The molecule has 0 spiro atoms. The quantitative estimate of drug-likeness (QED) is 0.589. The molecule has 1 radical (unpaired) electrons. The number of benzene rings is 1. The van der Waals surface area contributed by atoms with Crippen LogP contribution in [0.3, 0.4) is 0 Å². The molecule has 1 rings (SSSR count). The lowest BCUT2D eigenvalue weighted by Crippen LogP contribution is -2.11. The first-order valence-electron chi connectivity index (χ1n) is 6.80. The van der Waals surface area contributed by atoms with Crippen LogP contribution in [0.25, 0.3) is 0 Å². The van der Waals surface area contributed by atoms with Crippen LogP contribution >= 0.6 is 0 Å². The largest absolute Gasteiger partial charge is 0.0654 e. The summed E-state index contributed by atoms with van der Waals surface area (Å²) in [7, 11) is 0. The maximum atomic E-state index is 3.43. The summed E-state index contributed by atoms with van der Waals surface area (Å²) in [5.41, 5.74) is 1.42. The fourth-order valence-corrected chi connectivity index (χ4v) is 2.56. The van der Waals surface area contributed by atoms with Gasteiger partial charge in [0.25, 0.3) is 0 Å². The van der Waals surface area contributed by atoms with E-state index in [1.165, 1.54) is 37.7 Å². The lowest BCUT2D eigenvalue weighted by Gasteiger charge is -2.25. The topological polar surface area (TPSA) is 0 Å². The lowest BCUT2D eigenvalue weighted by atomic mass is 9.79. The molecule has 1 unspecified atom stereocenters. The average molecular weight is 217 g/mol. The van der Waals surface area contributed by atoms with E-state index in [2.05, 4.69) is 51.1 Å². The zero-order chi connectivity index (χ0) is 11.8. The van der Waals surface area contributed by atoms with Gasteiger partial charge in [0.2, 0.25) is 0 Å². The molecule has 0 N–H and O–H groups in total. The molecular weight excluding hydrogens is 192 g/mol. The fraction of sp³-hybridized carbons (Fsp3) is 0.625. The third-order valence-electron chi connectivity index (χ3n) is 3.62. The van der Waals surface area contributed by atoms with E-state index in [9.17, 15) is 0 Å². The van der Waals surface area contributed by atoms with Crippen LogP contribution in [0.2, 0.25) is 0 Å². The summed E-state index contributed by atoms with van der Waals surface area (Å²) < 4.78 is 0. The SMILES string of the molecule is CCCCC(c1[c]cccc1)C(CC)CC. The molecule has 0 bridgehead atoms. The first-order chi connectivity index (χ1) is 7.83. The smallest absolute Gasteiger partial charge is 0.0128 e. The lowest BCUT2D eigenvalue weighted by molar-refractivity contribution is 0.370. The van der Waals surface area contributed by atoms with Crippen LogP contribution in [-0.4, -0.2) is 0 Å². The molecule has 0 fully saturated rings. The Bertz CT molecular complexity index is 259. The first-order valence-corrected chi connectivity index (χ1v) is 6.80. The molecule has 1 atom stereocenters. The third kappa shape index (κ3) is 3.66. The zero-order valence-corrected chi connectivity index (χ0v) is 11.0. The van der Waals surface area contributed by atoms with E-state index < -0.39 is 0 Å². The van der Waals surface area contributed by atoms with E-state index in [0.29, 0.717) is 0 Å². The van der Waals surface area contributed by atoms with Gasteiger partial charge in [-0.05, 0) is 29.9 Å². The van der Waals surface area contributed by atoms with Gasteiger partial charge in [0.15, 0.2) is 0 Å². The molecule has 1 aromatic rings. The third-order valence-corrected chi connectivity index (χ3v) is 3.62. The Hall–Kier alpha value is -0.780. The van der Waals surface area contributed by atoms with Crippen LogP contribution in [0.4, 0.5) is 0 Å². The molecular formula is C16H25. The zero-order valence-electron chi connectivity index (χ0n) is 11.0. The Labute approximate surface area is 101 Å². The standard InChI is InChI=1S/C16H25/c1-4-7-13-16(14(5-2)6-3)15-11-9-8-10-12-15/h8-11,14,16H,4-7,13H2,1-3H3. The van der Waals surface area contributed by atoms with Crippen molar-refractivity contribution >= 4 is 0 Å². The predicted octanol–water partition coefficient (Wildman–Crippen LogP) is 5.20. The summed E-state index contributed by atoms with van der Waals surface area (Å²) in [5, 5.41) is 0. The number of hydrogen-bond donors (Lipinski definition) is 0. The molecule has 0 aliphatic rings. The molecule has 89 valence electrons. The van der Waals surface area contributed by atoms with Crippen molar-refractivity contribution < 1.29 is 0 Å². The molecule has 0 heteroatoms. The Kier molecular flexibility index (Phi) is 6.22. The Balaban J connectivity index is 2.78. The highest BCUT2D eigenvalue weighted by Crippen LogP contribution is 2.33. The van der Waals surface area contributed by atoms with Crippen molar-refractivity contribution in [2.24, 2.45) is 5.92 Å². The molecule has 0 saturated carbocycles. The van der Waals surface area contributed by atoms with E-state index in [1.807, 2.05) is 0 Å². The van der Waals surface area contributed by atoms with Gasteiger partial charge in [0, 0.05) is 0 Å². The first kappa shape index (κ1) is 13.3. The second-order valence-corrected chi connectivity index (χ2v) is 4.64. The van der Waals surface area contributed by atoms with E-state index in [4.69, 9.17) is 0 Å². The summed E-state index contributed by atoms with van der Waals surface area (Å²) in [4.78, 5) is 0. The second-order valence-electron chi connectivity index (χ2n) is 4.64. The minimum absolute atomic E-state index is 0.719. The number of hydrogen-bond acceptors (Lipinski definition) is 0. The van der Waals surface area contributed by atoms with Crippen LogP contribution in [-0.2, 0) is 0 Å². The monoisotopic (exact) mass is 217 g/mol. The van der Waals surface area contributed by atoms with Crippen LogP contribution in [0.5, 0.6) is 0 Å². The normalized spacial score (nSPS) is 13.0. The predicted molar refractivity (Wildman–Crippen MR) is 71.6 cm³/mol. The van der Waals surface area contributed by atoms with Crippen LogP contribution < -0.4 is 0 Å². The van der Waals surface area contributed by atoms with Gasteiger partial charge in [-0.1, -0.05) is 70.7 Å². The van der Waals surface area contributed by atoms with Crippen molar-refractivity contribution in [2.45, 2.75) is 58.8 Å². The fourth-order valence-electron chi connectivity index (χ4n) is 2.56. The molecule has 0 aliphatic heterocycles. The molecule has 0 aliphatic carbocycles. The van der Waals surface area contributed by atoms with E-state index in [0.717, 1.165) is 11.8 Å². The molecule has 0 aromatic heterocycles. The van der Waals surface area contributed by atoms with Crippen molar-refractivity contribution in [1.82, 2.24) is 0 Å². The minimum Gasteiger partial charge on any atom is -0.0654 e. The van der Waals surface area contributed by atoms with Crippen molar-refractivity contribution in [1.29, 1.82) is 0 Å². The van der Waals surface area contributed by atoms with Gasteiger partial charge in [-0.25, -0.2) is 0 Å². The van der Waals surface area contributed by atoms with Crippen LogP contribution in [0, 0.1) is 12.0 Å². The second kappa shape index (κ2) is 7.49. The van der Waals surface area contributed by atoms with Gasteiger partial charge in [0.1, 0.15) is 0 Å². The summed E-state index contributed by atoms with van der Waals surface area (Å²) in [6.45, 7) is 6.91. The minimum atomic E-state index is 0.719. The van der Waals surface area contributed by atoms with Crippen molar-refractivity contribution in [2.75, 3.05) is 0 Å². The maximum Gasteiger partial charge on any atom is -0.0128 e. The molecule has 16 heavy (non-hydrogen) atoms. The van der Waals surface area contributed by atoms with Crippen molar-refractivity contribution in [3.63, 3.8) is 0 Å².